The summed E-state index contributed by atoms with van der Waals surface area (Å²) in [4.78, 5) is 23.8. The van der Waals surface area contributed by atoms with E-state index in [1.165, 1.54) is 16.4 Å². The average molecular weight is 443 g/mol. The molecule has 31 heavy (non-hydrogen) atoms. The Bertz CT molecular complexity index is 1030. The van der Waals surface area contributed by atoms with E-state index in [1.807, 2.05) is 0 Å². The highest BCUT2D eigenvalue weighted by molar-refractivity contribution is 7.99. The Morgan fingerprint density at radius 2 is 1.55 bits per heavy atom. The summed E-state index contributed by atoms with van der Waals surface area (Å²) in [7, 11) is 3.12. The minimum atomic E-state index is -0.215. The predicted molar refractivity (Wildman–Crippen MR) is 117 cm³/mol. The molecule has 2 N–H and O–H groups in total. The van der Waals surface area contributed by atoms with Crippen molar-refractivity contribution in [3.05, 3.63) is 42.5 Å². The normalized spacial score (nSPS) is 10.4. The largest absolute Gasteiger partial charge is 0.497 e. The zero-order valence-electron chi connectivity index (χ0n) is 17.3. The molecule has 0 saturated heterocycles. The van der Waals surface area contributed by atoms with E-state index in [0.29, 0.717) is 40.1 Å². The first-order chi connectivity index (χ1) is 15.0. The highest BCUT2D eigenvalue weighted by atomic mass is 32.2. The number of rotatable bonds is 9. The molecule has 3 rings (SSSR count). The minimum Gasteiger partial charge on any atom is -0.497 e. The molecular weight excluding hydrogens is 420 g/mol. The number of carbonyl (C=O) groups is 2. The van der Waals surface area contributed by atoms with E-state index in [4.69, 9.17) is 9.47 Å². The van der Waals surface area contributed by atoms with Gasteiger partial charge >= 0.3 is 0 Å². The van der Waals surface area contributed by atoms with Gasteiger partial charge < -0.3 is 20.1 Å². The molecule has 3 aromatic rings. The van der Waals surface area contributed by atoms with E-state index in [2.05, 4.69) is 26.2 Å². The van der Waals surface area contributed by atoms with Crippen LogP contribution in [0.15, 0.2) is 47.6 Å². The molecule has 10 nitrogen and oxygen atoms in total. The van der Waals surface area contributed by atoms with E-state index in [9.17, 15) is 9.59 Å². The lowest BCUT2D eigenvalue weighted by atomic mass is 10.2. The van der Waals surface area contributed by atoms with Gasteiger partial charge in [0.1, 0.15) is 11.5 Å². The van der Waals surface area contributed by atoms with Crippen LogP contribution in [-0.2, 0) is 9.59 Å². The summed E-state index contributed by atoms with van der Waals surface area (Å²) in [6, 6.07) is 12.2. The molecule has 0 saturated carbocycles. The minimum absolute atomic E-state index is 0.0698. The lowest BCUT2D eigenvalue weighted by Crippen LogP contribution is -2.15. The first-order valence-electron chi connectivity index (χ1n) is 9.36. The number of nitrogens with zero attached hydrogens (tertiary/aromatic N) is 4. The maximum Gasteiger partial charge on any atom is 0.234 e. The van der Waals surface area contributed by atoms with Crippen LogP contribution in [0.25, 0.3) is 5.69 Å². The zero-order valence-corrected chi connectivity index (χ0v) is 18.1. The Balaban J connectivity index is 1.62. The van der Waals surface area contributed by atoms with Crippen molar-refractivity contribution < 1.29 is 19.1 Å². The van der Waals surface area contributed by atoms with Crippen LogP contribution in [-0.4, -0.2) is 52.0 Å². The van der Waals surface area contributed by atoms with Crippen molar-refractivity contribution in [2.45, 2.75) is 18.5 Å². The van der Waals surface area contributed by atoms with Crippen LogP contribution in [0.4, 0.5) is 11.4 Å². The van der Waals surface area contributed by atoms with Crippen molar-refractivity contribution >= 4 is 35.0 Å². The Morgan fingerprint density at radius 1 is 0.968 bits per heavy atom. The highest BCUT2D eigenvalue weighted by Crippen LogP contribution is 2.27. The first kappa shape index (κ1) is 22.1. The number of ether oxygens (including phenoxy) is 2. The topological polar surface area (TPSA) is 120 Å². The third-order valence-electron chi connectivity index (χ3n) is 4.13. The molecule has 2 amide bonds. The van der Waals surface area contributed by atoms with E-state index < -0.39 is 0 Å². The molecule has 0 aliphatic carbocycles. The van der Waals surface area contributed by atoms with Crippen molar-refractivity contribution in [1.29, 1.82) is 0 Å². The molecule has 1 aromatic heterocycles. The Kier molecular flexibility index (Phi) is 7.44. The third-order valence-corrected chi connectivity index (χ3v) is 5.05. The number of thioether (sulfide) groups is 1. The summed E-state index contributed by atoms with van der Waals surface area (Å²) in [6.45, 7) is 1.78. The number of anilines is 2. The number of aromatic nitrogens is 4. The van der Waals surface area contributed by atoms with Gasteiger partial charge in [0.2, 0.25) is 17.0 Å². The molecule has 2 aromatic carbocycles. The second kappa shape index (κ2) is 10.4. The van der Waals surface area contributed by atoms with Gasteiger partial charge in [-0.1, -0.05) is 18.7 Å². The maximum absolute atomic E-state index is 12.3. The molecular formula is C20H22N6O4S. The Morgan fingerprint density at radius 3 is 2.10 bits per heavy atom. The molecule has 0 unspecified atom stereocenters. The summed E-state index contributed by atoms with van der Waals surface area (Å²) in [5, 5.41) is 17.7. The number of nitrogens with one attached hydrogen (secondary N) is 2. The van der Waals surface area contributed by atoms with E-state index in [-0.39, 0.29) is 17.6 Å². The van der Waals surface area contributed by atoms with Crippen LogP contribution in [0.2, 0.25) is 0 Å². The smallest absolute Gasteiger partial charge is 0.234 e. The summed E-state index contributed by atoms with van der Waals surface area (Å²) in [5.41, 5.74) is 1.94. The number of hydrogen-bond donors (Lipinski definition) is 2. The fourth-order valence-electron chi connectivity index (χ4n) is 2.56. The average Bonchev–Trinajstić information content (AvgIpc) is 3.27. The van der Waals surface area contributed by atoms with E-state index in [1.54, 1.807) is 63.6 Å². The summed E-state index contributed by atoms with van der Waals surface area (Å²) < 4.78 is 12.1. The molecule has 0 aliphatic rings. The van der Waals surface area contributed by atoms with Crippen LogP contribution in [0.3, 0.4) is 0 Å². The number of amides is 2. The van der Waals surface area contributed by atoms with Gasteiger partial charge in [0.25, 0.3) is 0 Å². The molecule has 0 radical (unpaired) electrons. The molecule has 1 heterocycles. The lowest BCUT2D eigenvalue weighted by molar-refractivity contribution is -0.116. The number of benzene rings is 2. The van der Waals surface area contributed by atoms with Gasteiger partial charge in [-0.15, -0.1) is 5.10 Å². The monoisotopic (exact) mass is 442 g/mol. The standard InChI is InChI=1S/C20H22N6O4S/c1-4-18(27)21-13-5-7-14(8-6-13)22-19(28)12-31-20-23-24-25-26(20)15-9-16(29-2)11-17(10-15)30-3/h5-11H,4,12H2,1-3H3,(H,21,27)(H,22,28). The number of hydrogen-bond acceptors (Lipinski definition) is 8. The van der Waals surface area contributed by atoms with Gasteiger partial charge in [-0.25, -0.2) is 0 Å². The molecule has 0 aliphatic heterocycles. The van der Waals surface area contributed by atoms with Crippen LogP contribution < -0.4 is 20.1 Å². The van der Waals surface area contributed by atoms with Crippen LogP contribution >= 0.6 is 11.8 Å². The highest BCUT2D eigenvalue weighted by Gasteiger charge is 2.14. The Hall–Kier alpha value is -3.60. The van der Waals surface area contributed by atoms with Gasteiger partial charge in [0, 0.05) is 36.0 Å². The second-order valence-corrected chi connectivity index (χ2v) is 7.20. The molecule has 162 valence electrons. The molecule has 0 bridgehead atoms. The van der Waals surface area contributed by atoms with Gasteiger partial charge in [0.05, 0.1) is 25.7 Å². The summed E-state index contributed by atoms with van der Waals surface area (Å²) in [6.07, 6.45) is 0.401. The van der Waals surface area contributed by atoms with Gasteiger partial charge in [-0.3, -0.25) is 9.59 Å². The second-order valence-electron chi connectivity index (χ2n) is 6.26. The maximum atomic E-state index is 12.3. The predicted octanol–water partition coefficient (Wildman–Crippen LogP) is 2.76. The third kappa shape index (κ3) is 5.95. The van der Waals surface area contributed by atoms with E-state index in [0.717, 1.165) is 0 Å². The summed E-state index contributed by atoms with van der Waals surface area (Å²) in [5.74, 6) is 1.01. The summed E-state index contributed by atoms with van der Waals surface area (Å²) >= 11 is 1.19. The zero-order chi connectivity index (χ0) is 22.2. The molecule has 0 atom stereocenters. The Labute approximate surface area is 183 Å². The fraction of sp³-hybridized carbons (Fsp3) is 0.250. The van der Waals surface area contributed by atoms with Gasteiger partial charge in [-0.2, -0.15) is 4.68 Å². The molecule has 0 spiro atoms. The van der Waals surface area contributed by atoms with Crippen molar-refractivity contribution in [1.82, 2.24) is 20.2 Å². The van der Waals surface area contributed by atoms with Crippen LogP contribution in [0.1, 0.15) is 13.3 Å². The van der Waals surface area contributed by atoms with Gasteiger partial charge in [-0.05, 0) is 34.7 Å². The van der Waals surface area contributed by atoms with E-state index >= 15 is 0 Å². The number of methoxy groups -OCH3 is 2. The van der Waals surface area contributed by atoms with Crippen molar-refractivity contribution in [3.63, 3.8) is 0 Å². The van der Waals surface area contributed by atoms with Crippen molar-refractivity contribution in [3.8, 4) is 17.2 Å². The number of carbonyl (C=O) groups excluding carboxylic acids is 2. The molecule has 11 heteroatoms. The van der Waals surface area contributed by atoms with Crippen LogP contribution in [0.5, 0.6) is 11.5 Å². The molecule has 0 fully saturated rings. The number of tetrazole rings is 1. The van der Waals surface area contributed by atoms with Crippen molar-refractivity contribution in [2.24, 2.45) is 0 Å². The lowest BCUT2D eigenvalue weighted by Gasteiger charge is -2.09. The quantitative estimate of drug-likeness (QED) is 0.486. The first-order valence-corrected chi connectivity index (χ1v) is 10.3. The van der Waals surface area contributed by atoms with Crippen molar-refractivity contribution in [2.75, 3.05) is 30.6 Å². The SMILES string of the molecule is CCC(=O)Nc1ccc(NC(=O)CSc2nnnn2-c2cc(OC)cc(OC)c2)cc1. The fourth-order valence-corrected chi connectivity index (χ4v) is 3.25. The van der Waals surface area contributed by atoms with Gasteiger partial charge in [0.15, 0.2) is 0 Å². The van der Waals surface area contributed by atoms with Crippen LogP contribution in [0, 0.1) is 0 Å².